The van der Waals surface area contributed by atoms with Crippen molar-refractivity contribution in [1.29, 1.82) is 0 Å². The van der Waals surface area contributed by atoms with Crippen LogP contribution in [0, 0.1) is 0 Å². The summed E-state index contributed by atoms with van der Waals surface area (Å²) in [6.07, 6.45) is 1.72. The van der Waals surface area contributed by atoms with Crippen molar-refractivity contribution >= 4 is 5.78 Å². The standard InChI is InChI=1S/C5H7NO2/c6-5-3(7)1-2-4(5)8/h1,5,7H,2,6H2. The van der Waals surface area contributed by atoms with E-state index in [0.717, 1.165) is 0 Å². The summed E-state index contributed by atoms with van der Waals surface area (Å²) in [5.74, 6) is -0.0995. The molecule has 0 aliphatic heterocycles. The molecular formula is C5H7NO2. The summed E-state index contributed by atoms with van der Waals surface area (Å²) >= 11 is 0. The van der Waals surface area contributed by atoms with Crippen LogP contribution in [-0.4, -0.2) is 16.9 Å². The Balaban J connectivity index is 2.72. The number of carbonyl (C=O) groups is 1. The number of aliphatic hydroxyl groups is 1. The first-order valence-corrected chi connectivity index (χ1v) is 2.39. The SMILES string of the molecule is NC1C(=O)CC=C1O. The van der Waals surface area contributed by atoms with Gasteiger partial charge in [-0.2, -0.15) is 0 Å². The van der Waals surface area contributed by atoms with E-state index in [4.69, 9.17) is 10.8 Å². The van der Waals surface area contributed by atoms with Gasteiger partial charge in [-0.05, 0) is 6.08 Å². The van der Waals surface area contributed by atoms with Crippen LogP contribution < -0.4 is 5.73 Å². The van der Waals surface area contributed by atoms with E-state index in [1.165, 1.54) is 6.08 Å². The normalized spacial score (nSPS) is 28.4. The number of Topliss-reactive ketones (excluding diaryl/α,β-unsaturated/α-hetero) is 1. The van der Waals surface area contributed by atoms with Crippen molar-refractivity contribution in [2.45, 2.75) is 12.5 Å². The number of carbonyl (C=O) groups excluding carboxylic acids is 1. The van der Waals surface area contributed by atoms with E-state index in [2.05, 4.69) is 0 Å². The lowest BCUT2D eigenvalue weighted by molar-refractivity contribution is -0.118. The van der Waals surface area contributed by atoms with Gasteiger partial charge in [-0.3, -0.25) is 4.79 Å². The second-order valence-corrected chi connectivity index (χ2v) is 1.78. The fourth-order valence-corrected chi connectivity index (χ4v) is 0.624. The zero-order chi connectivity index (χ0) is 6.15. The topological polar surface area (TPSA) is 63.3 Å². The van der Waals surface area contributed by atoms with Crippen LogP contribution in [0.4, 0.5) is 0 Å². The molecule has 1 atom stereocenters. The lowest BCUT2D eigenvalue weighted by Crippen LogP contribution is -2.27. The number of hydrogen-bond acceptors (Lipinski definition) is 3. The van der Waals surface area contributed by atoms with Gasteiger partial charge in [-0.25, -0.2) is 0 Å². The molecule has 0 amide bonds. The molecule has 1 aliphatic rings. The monoisotopic (exact) mass is 113 g/mol. The molecule has 1 rings (SSSR count). The molecule has 0 aromatic rings. The summed E-state index contributed by atoms with van der Waals surface area (Å²) in [7, 11) is 0. The molecule has 0 saturated heterocycles. The van der Waals surface area contributed by atoms with Gasteiger partial charge in [0.2, 0.25) is 0 Å². The molecule has 0 fully saturated rings. The molecular weight excluding hydrogens is 106 g/mol. The Kier molecular flexibility index (Phi) is 1.06. The maximum atomic E-state index is 10.4. The molecule has 3 nitrogen and oxygen atoms in total. The molecule has 3 heteroatoms. The second kappa shape index (κ2) is 1.59. The van der Waals surface area contributed by atoms with Crippen LogP contribution in [0.2, 0.25) is 0 Å². The molecule has 0 aromatic heterocycles. The van der Waals surface area contributed by atoms with Crippen molar-refractivity contribution in [3.8, 4) is 0 Å². The molecule has 44 valence electrons. The average molecular weight is 113 g/mol. The number of aliphatic hydroxyl groups excluding tert-OH is 1. The van der Waals surface area contributed by atoms with E-state index in [1.807, 2.05) is 0 Å². The highest BCUT2D eigenvalue weighted by molar-refractivity contribution is 5.90. The first-order valence-electron chi connectivity index (χ1n) is 2.39. The third kappa shape index (κ3) is 0.607. The van der Waals surface area contributed by atoms with Gasteiger partial charge in [0, 0.05) is 6.42 Å². The van der Waals surface area contributed by atoms with Crippen LogP contribution in [0.25, 0.3) is 0 Å². The van der Waals surface area contributed by atoms with Gasteiger partial charge < -0.3 is 10.8 Å². The Morgan fingerprint density at radius 1 is 1.88 bits per heavy atom. The van der Waals surface area contributed by atoms with Gasteiger partial charge in [0.25, 0.3) is 0 Å². The fourth-order valence-electron chi connectivity index (χ4n) is 0.624. The number of hydrogen-bond donors (Lipinski definition) is 2. The zero-order valence-electron chi connectivity index (χ0n) is 4.29. The molecule has 0 aromatic carbocycles. The summed E-state index contributed by atoms with van der Waals surface area (Å²) < 4.78 is 0. The Morgan fingerprint density at radius 3 is 2.62 bits per heavy atom. The van der Waals surface area contributed by atoms with Crippen LogP contribution in [0.1, 0.15) is 6.42 Å². The molecule has 0 bridgehead atoms. The molecule has 1 unspecified atom stereocenters. The first-order chi connectivity index (χ1) is 3.72. The van der Waals surface area contributed by atoms with Crippen LogP contribution in [0.5, 0.6) is 0 Å². The van der Waals surface area contributed by atoms with E-state index in [-0.39, 0.29) is 18.0 Å². The minimum Gasteiger partial charge on any atom is -0.510 e. The highest BCUT2D eigenvalue weighted by atomic mass is 16.3. The third-order valence-corrected chi connectivity index (χ3v) is 1.18. The Hall–Kier alpha value is -0.830. The van der Waals surface area contributed by atoms with Crippen molar-refractivity contribution in [1.82, 2.24) is 0 Å². The van der Waals surface area contributed by atoms with E-state index >= 15 is 0 Å². The summed E-state index contributed by atoms with van der Waals surface area (Å²) in [6.45, 7) is 0. The van der Waals surface area contributed by atoms with Gasteiger partial charge in [-0.15, -0.1) is 0 Å². The predicted octanol–water partition coefficient (Wildman–Crippen LogP) is -0.272. The predicted molar refractivity (Wildman–Crippen MR) is 28.3 cm³/mol. The van der Waals surface area contributed by atoms with Gasteiger partial charge in [0.15, 0.2) is 5.78 Å². The van der Waals surface area contributed by atoms with Crippen molar-refractivity contribution in [3.63, 3.8) is 0 Å². The van der Waals surface area contributed by atoms with Crippen LogP contribution in [0.3, 0.4) is 0 Å². The van der Waals surface area contributed by atoms with Crippen LogP contribution in [-0.2, 0) is 4.79 Å². The fraction of sp³-hybridized carbons (Fsp3) is 0.400. The molecule has 8 heavy (non-hydrogen) atoms. The summed E-state index contributed by atoms with van der Waals surface area (Å²) in [5.41, 5.74) is 5.15. The maximum absolute atomic E-state index is 10.4. The molecule has 1 aliphatic carbocycles. The van der Waals surface area contributed by atoms with Gasteiger partial charge in [0.1, 0.15) is 11.8 Å². The average Bonchev–Trinajstić information content (AvgIpc) is 1.98. The molecule has 0 radical (unpaired) electrons. The van der Waals surface area contributed by atoms with Crippen molar-refractivity contribution in [2.24, 2.45) is 5.73 Å². The number of nitrogens with two attached hydrogens (primary N) is 1. The number of allylic oxidation sites excluding steroid dienone is 1. The summed E-state index contributed by atoms with van der Waals surface area (Å²) in [4.78, 5) is 10.4. The van der Waals surface area contributed by atoms with Crippen molar-refractivity contribution in [3.05, 3.63) is 11.8 Å². The quantitative estimate of drug-likeness (QED) is 0.454. The zero-order valence-corrected chi connectivity index (χ0v) is 4.29. The summed E-state index contributed by atoms with van der Waals surface area (Å²) in [5, 5.41) is 8.68. The number of ketones is 1. The summed E-state index contributed by atoms with van der Waals surface area (Å²) in [6, 6.07) is -0.741. The van der Waals surface area contributed by atoms with E-state index in [0.29, 0.717) is 0 Å². The Bertz CT molecular complexity index is 151. The lowest BCUT2D eigenvalue weighted by Gasteiger charge is -1.97. The molecule has 0 heterocycles. The van der Waals surface area contributed by atoms with Gasteiger partial charge in [0.05, 0.1) is 0 Å². The Labute approximate surface area is 46.8 Å². The number of rotatable bonds is 0. The van der Waals surface area contributed by atoms with Gasteiger partial charge in [-0.1, -0.05) is 0 Å². The molecule has 0 spiro atoms. The lowest BCUT2D eigenvalue weighted by atomic mass is 10.2. The van der Waals surface area contributed by atoms with Crippen LogP contribution in [0.15, 0.2) is 11.8 Å². The third-order valence-electron chi connectivity index (χ3n) is 1.18. The highest BCUT2D eigenvalue weighted by Crippen LogP contribution is 2.08. The van der Waals surface area contributed by atoms with Gasteiger partial charge >= 0.3 is 0 Å². The van der Waals surface area contributed by atoms with Crippen LogP contribution >= 0.6 is 0 Å². The largest absolute Gasteiger partial charge is 0.510 e. The van der Waals surface area contributed by atoms with Crippen molar-refractivity contribution < 1.29 is 9.90 Å². The minimum atomic E-state index is -0.741. The maximum Gasteiger partial charge on any atom is 0.161 e. The van der Waals surface area contributed by atoms with Crippen molar-refractivity contribution in [2.75, 3.05) is 0 Å². The Morgan fingerprint density at radius 2 is 2.50 bits per heavy atom. The minimum absolute atomic E-state index is 0.00926. The van der Waals surface area contributed by atoms with E-state index in [1.54, 1.807) is 0 Å². The second-order valence-electron chi connectivity index (χ2n) is 1.78. The first kappa shape index (κ1) is 5.31. The smallest absolute Gasteiger partial charge is 0.161 e. The molecule has 0 saturated carbocycles. The van der Waals surface area contributed by atoms with E-state index in [9.17, 15) is 4.79 Å². The molecule has 3 N–H and O–H groups in total. The highest BCUT2D eigenvalue weighted by Gasteiger charge is 2.22. The van der Waals surface area contributed by atoms with E-state index < -0.39 is 6.04 Å².